The molecule has 0 aliphatic heterocycles. The van der Waals surface area contributed by atoms with E-state index in [9.17, 15) is 0 Å². The molecule has 0 bridgehead atoms. The molecule has 0 heterocycles. The zero-order chi connectivity index (χ0) is 52.8. The van der Waals surface area contributed by atoms with Crippen molar-refractivity contribution in [1.82, 2.24) is 0 Å². The summed E-state index contributed by atoms with van der Waals surface area (Å²) in [7, 11) is 0. The van der Waals surface area contributed by atoms with Crippen LogP contribution in [0.5, 0.6) is 0 Å². The summed E-state index contributed by atoms with van der Waals surface area (Å²) >= 11 is 0. The highest BCUT2D eigenvalue weighted by Gasteiger charge is 2.52. The second kappa shape index (κ2) is 18.2. The van der Waals surface area contributed by atoms with Gasteiger partial charge in [0.25, 0.3) is 0 Å². The van der Waals surface area contributed by atoms with Gasteiger partial charge in [-0.05, 0) is 149 Å². The van der Waals surface area contributed by atoms with E-state index in [4.69, 9.17) is 0 Å². The number of benzene rings is 14. The molecule has 16 rings (SSSR count). The van der Waals surface area contributed by atoms with Gasteiger partial charge in [0.2, 0.25) is 0 Å². The van der Waals surface area contributed by atoms with Crippen LogP contribution in [0, 0.1) is 0 Å². The maximum absolute atomic E-state index is 2.55. The van der Waals surface area contributed by atoms with Crippen LogP contribution in [0.25, 0.3) is 54.2 Å². The Bertz CT molecular complexity index is 4300. The van der Waals surface area contributed by atoms with Crippen LogP contribution >= 0.6 is 0 Å². The van der Waals surface area contributed by atoms with Crippen LogP contribution in [0.3, 0.4) is 0 Å². The lowest BCUT2D eigenvalue weighted by atomic mass is 9.53. The molecule has 2 aliphatic rings. The second-order valence-electron chi connectivity index (χ2n) is 21.5. The normalized spacial score (nSPS) is 13.4. The first-order valence-electron chi connectivity index (χ1n) is 27.8. The lowest BCUT2D eigenvalue weighted by Gasteiger charge is -2.49. The minimum absolute atomic E-state index is 0.762. The summed E-state index contributed by atoms with van der Waals surface area (Å²) in [4.78, 5) is 4.97. The molecule has 0 N–H and O–H groups in total. The first-order chi connectivity index (χ1) is 39.7. The van der Waals surface area contributed by atoms with Gasteiger partial charge in [-0.3, -0.25) is 0 Å². The van der Waals surface area contributed by atoms with Crippen molar-refractivity contribution >= 4 is 77.2 Å². The maximum Gasteiger partial charge on any atom is 0.0714 e. The fraction of sp³-hybridized carbons (Fsp3) is 0.0256. The summed E-state index contributed by atoms with van der Waals surface area (Å²) in [5, 5.41) is 9.73. The number of para-hydroxylation sites is 2. The molecule has 80 heavy (non-hydrogen) atoms. The SMILES string of the molecule is c1ccc(N(c2cc3c4c5c(ccc4c2)C(c2ccccc2)(c2ccccc2)c2cc(N(c4ccccc4)c4cccc6ccccc46)cc4ccc(c-5c24)C3(c2ccccc2)c2ccccc2)c2cccc3ccccc23)cc1. The molecule has 2 aliphatic carbocycles. The number of hydrogen-bond donors (Lipinski definition) is 0. The van der Waals surface area contributed by atoms with E-state index in [1.54, 1.807) is 0 Å². The minimum atomic E-state index is -0.762. The van der Waals surface area contributed by atoms with Crippen molar-refractivity contribution in [2.45, 2.75) is 10.8 Å². The Balaban J connectivity index is 1.11. The van der Waals surface area contributed by atoms with E-state index in [0.29, 0.717) is 0 Å². The van der Waals surface area contributed by atoms with Crippen LogP contribution in [0.2, 0.25) is 0 Å². The Labute approximate surface area is 466 Å². The molecule has 0 radical (unpaired) electrons. The number of hydrogen-bond acceptors (Lipinski definition) is 2. The Morgan fingerprint density at radius 1 is 0.212 bits per heavy atom. The summed E-state index contributed by atoms with van der Waals surface area (Å²) < 4.78 is 0. The molecule has 0 saturated heterocycles. The molecule has 14 aromatic rings. The summed E-state index contributed by atoms with van der Waals surface area (Å²) in [6.45, 7) is 0. The topological polar surface area (TPSA) is 6.48 Å². The Hall–Kier alpha value is -10.3. The van der Waals surface area contributed by atoms with E-state index in [-0.39, 0.29) is 0 Å². The fourth-order valence-electron chi connectivity index (χ4n) is 14.3. The van der Waals surface area contributed by atoms with E-state index in [1.165, 1.54) is 98.7 Å². The van der Waals surface area contributed by atoms with Gasteiger partial charge in [-0.25, -0.2) is 0 Å². The van der Waals surface area contributed by atoms with Crippen molar-refractivity contribution in [2.75, 3.05) is 9.80 Å². The number of rotatable bonds is 10. The van der Waals surface area contributed by atoms with E-state index < -0.39 is 10.8 Å². The Morgan fingerprint density at radius 2 is 0.525 bits per heavy atom. The quantitative estimate of drug-likeness (QED) is 0.135. The van der Waals surface area contributed by atoms with Gasteiger partial charge < -0.3 is 9.80 Å². The fourth-order valence-corrected chi connectivity index (χ4v) is 14.3. The zero-order valence-electron chi connectivity index (χ0n) is 43.9. The van der Waals surface area contributed by atoms with Crippen molar-refractivity contribution in [3.8, 4) is 11.1 Å². The average molecular weight is 1020 g/mol. The Morgan fingerprint density at radius 3 is 0.887 bits per heavy atom. The average Bonchev–Trinajstić information content (AvgIpc) is 3.42. The minimum Gasteiger partial charge on any atom is -0.310 e. The van der Waals surface area contributed by atoms with Gasteiger partial charge in [0, 0.05) is 33.5 Å². The largest absolute Gasteiger partial charge is 0.310 e. The molecule has 2 heteroatoms. The number of anilines is 6. The van der Waals surface area contributed by atoms with Crippen molar-refractivity contribution in [1.29, 1.82) is 0 Å². The van der Waals surface area contributed by atoms with Crippen LogP contribution in [-0.2, 0) is 10.8 Å². The van der Waals surface area contributed by atoms with Gasteiger partial charge >= 0.3 is 0 Å². The van der Waals surface area contributed by atoms with E-state index in [0.717, 1.165) is 34.1 Å². The number of fused-ring (bicyclic) bond motifs is 2. The predicted molar refractivity (Wildman–Crippen MR) is 335 cm³/mol. The van der Waals surface area contributed by atoms with E-state index in [2.05, 4.69) is 325 Å². The van der Waals surface area contributed by atoms with Crippen molar-refractivity contribution in [3.63, 3.8) is 0 Å². The van der Waals surface area contributed by atoms with Crippen LogP contribution in [0.4, 0.5) is 34.1 Å². The van der Waals surface area contributed by atoms with Gasteiger partial charge in [-0.1, -0.05) is 255 Å². The first-order valence-corrected chi connectivity index (χ1v) is 27.8. The summed E-state index contributed by atoms with van der Waals surface area (Å²) in [5.74, 6) is 0. The van der Waals surface area contributed by atoms with Crippen molar-refractivity contribution in [3.05, 3.63) is 360 Å². The molecule has 0 saturated carbocycles. The molecule has 0 spiro atoms. The monoisotopic (exact) mass is 1020 g/mol. The molecule has 0 unspecified atom stereocenters. The predicted octanol–water partition coefficient (Wildman–Crippen LogP) is 20.3. The molecule has 0 fully saturated rings. The molecule has 0 aromatic heterocycles. The molecule has 374 valence electrons. The highest BCUT2D eigenvalue weighted by molar-refractivity contribution is 6.19. The maximum atomic E-state index is 2.55. The van der Waals surface area contributed by atoms with Crippen molar-refractivity contribution < 1.29 is 0 Å². The van der Waals surface area contributed by atoms with E-state index in [1.807, 2.05) is 0 Å². The molecule has 2 nitrogen and oxygen atoms in total. The molecular weight excluding hydrogens is 965 g/mol. The molecular formula is C78H52N2. The molecule has 14 aromatic carbocycles. The summed E-state index contributed by atoms with van der Waals surface area (Å²) in [6, 6.07) is 118. The third-order valence-corrected chi connectivity index (χ3v) is 17.5. The van der Waals surface area contributed by atoms with Gasteiger partial charge in [-0.2, -0.15) is 0 Å². The van der Waals surface area contributed by atoms with Crippen LogP contribution in [0.1, 0.15) is 44.5 Å². The van der Waals surface area contributed by atoms with Gasteiger partial charge in [0.15, 0.2) is 0 Å². The lowest BCUT2D eigenvalue weighted by molar-refractivity contribution is 0.729. The van der Waals surface area contributed by atoms with Crippen molar-refractivity contribution in [2.24, 2.45) is 0 Å². The van der Waals surface area contributed by atoms with Crippen LogP contribution in [0.15, 0.2) is 315 Å². The van der Waals surface area contributed by atoms with Gasteiger partial charge in [0.1, 0.15) is 0 Å². The number of nitrogens with zero attached hydrogens (tertiary/aromatic N) is 2. The third kappa shape index (κ3) is 6.60. The standard InChI is InChI=1S/C78H52N2/c1-7-29-57(30-8-1)77(58-31-9-2-10-32-58)67-47-45-56-50-64(80(62-39-17-6-18-40-62)72-44-24-28-54-26-20-22-42-66(54)72)52-70-74(56)75(67)76-68(78(70,59-33-11-3-12-34-59)60-35-13-4-14-36-60)48-46-55-49-63(51-69(77)73(55)76)79(61-37-15-5-16-38-61)71-43-23-27-53-25-19-21-41-65(53)71/h1-52H. The molecule has 0 atom stereocenters. The zero-order valence-corrected chi connectivity index (χ0v) is 43.9. The lowest BCUT2D eigenvalue weighted by Crippen LogP contribution is -2.39. The smallest absolute Gasteiger partial charge is 0.0714 e. The first kappa shape index (κ1) is 45.9. The van der Waals surface area contributed by atoms with Gasteiger partial charge in [-0.15, -0.1) is 0 Å². The van der Waals surface area contributed by atoms with Crippen LogP contribution in [-0.4, -0.2) is 0 Å². The summed E-state index contributed by atoms with van der Waals surface area (Å²) in [5.41, 5.74) is 17.7. The molecule has 0 amide bonds. The third-order valence-electron chi connectivity index (χ3n) is 17.5. The van der Waals surface area contributed by atoms with Gasteiger partial charge in [0.05, 0.1) is 22.2 Å². The summed E-state index contributed by atoms with van der Waals surface area (Å²) in [6.07, 6.45) is 0. The Kier molecular flexibility index (Phi) is 10.4. The highest BCUT2D eigenvalue weighted by atomic mass is 15.1. The van der Waals surface area contributed by atoms with E-state index >= 15 is 0 Å². The highest BCUT2D eigenvalue weighted by Crippen LogP contribution is 2.65. The second-order valence-corrected chi connectivity index (χ2v) is 21.5. The van der Waals surface area contributed by atoms with Crippen LogP contribution < -0.4 is 9.80 Å².